The molecule has 0 aromatic heterocycles. The van der Waals surface area contributed by atoms with Crippen LogP contribution in [0.25, 0.3) is 0 Å². The molecule has 0 radical (unpaired) electrons. The molecule has 5 heteroatoms. The zero-order valence-electron chi connectivity index (χ0n) is 9.32. The molecule has 2 atom stereocenters. The largest absolute Gasteiger partial charge is 0.462 e. The van der Waals surface area contributed by atoms with E-state index in [1.807, 2.05) is 6.92 Å². The third-order valence-corrected chi connectivity index (χ3v) is 2.38. The van der Waals surface area contributed by atoms with Gasteiger partial charge in [-0.3, -0.25) is 4.79 Å². The molecule has 0 amide bonds. The molecule has 0 saturated carbocycles. The van der Waals surface area contributed by atoms with Gasteiger partial charge >= 0.3 is 5.97 Å². The molecule has 88 valence electrons. The molecule has 1 rings (SSSR count). The standard InChI is InChI=1S/C10H19NO4/c1-3-14-4-5-15-10(12)9-6-8(13-2)7-11-9/h8-9,11H,3-7H2,1-2H3. The molecule has 1 aliphatic rings. The van der Waals surface area contributed by atoms with Crippen LogP contribution in [0, 0.1) is 0 Å². The molecule has 2 unspecified atom stereocenters. The second-order valence-corrected chi connectivity index (χ2v) is 3.42. The van der Waals surface area contributed by atoms with Gasteiger partial charge in [0.2, 0.25) is 0 Å². The van der Waals surface area contributed by atoms with Crippen molar-refractivity contribution < 1.29 is 19.0 Å². The predicted octanol–water partition coefficient (Wildman–Crippen LogP) is -0.0570. The van der Waals surface area contributed by atoms with Gasteiger partial charge in [-0.25, -0.2) is 0 Å². The van der Waals surface area contributed by atoms with Crippen LogP contribution < -0.4 is 5.32 Å². The lowest BCUT2D eigenvalue weighted by Gasteiger charge is -2.10. The Kier molecular flexibility index (Phi) is 5.60. The van der Waals surface area contributed by atoms with E-state index in [2.05, 4.69) is 5.32 Å². The van der Waals surface area contributed by atoms with Crippen LogP contribution in [0.4, 0.5) is 0 Å². The highest BCUT2D eigenvalue weighted by atomic mass is 16.6. The van der Waals surface area contributed by atoms with E-state index in [-0.39, 0.29) is 18.1 Å². The maximum atomic E-state index is 11.5. The molecule has 1 N–H and O–H groups in total. The van der Waals surface area contributed by atoms with Crippen LogP contribution in [0.1, 0.15) is 13.3 Å². The van der Waals surface area contributed by atoms with Gasteiger partial charge in [0, 0.05) is 26.7 Å². The van der Waals surface area contributed by atoms with Crippen LogP contribution in [0.2, 0.25) is 0 Å². The van der Waals surface area contributed by atoms with Gasteiger partial charge < -0.3 is 19.5 Å². The number of hydrogen-bond donors (Lipinski definition) is 1. The maximum Gasteiger partial charge on any atom is 0.323 e. The van der Waals surface area contributed by atoms with Crippen LogP contribution >= 0.6 is 0 Å². The molecular formula is C10H19NO4. The number of carbonyl (C=O) groups excluding carboxylic acids is 1. The van der Waals surface area contributed by atoms with Crippen molar-refractivity contribution in [1.82, 2.24) is 5.32 Å². The summed E-state index contributed by atoms with van der Waals surface area (Å²) in [5.74, 6) is -0.214. The molecule has 0 bridgehead atoms. The van der Waals surface area contributed by atoms with Crippen molar-refractivity contribution in [2.24, 2.45) is 0 Å². The minimum Gasteiger partial charge on any atom is -0.462 e. The summed E-state index contributed by atoms with van der Waals surface area (Å²) in [6.07, 6.45) is 0.804. The normalized spacial score (nSPS) is 25.5. The van der Waals surface area contributed by atoms with Crippen molar-refractivity contribution in [2.45, 2.75) is 25.5 Å². The monoisotopic (exact) mass is 217 g/mol. The van der Waals surface area contributed by atoms with Crippen LogP contribution in [-0.4, -0.2) is 51.6 Å². The summed E-state index contributed by atoms with van der Waals surface area (Å²) >= 11 is 0. The molecule has 0 aliphatic carbocycles. The first-order valence-corrected chi connectivity index (χ1v) is 5.28. The smallest absolute Gasteiger partial charge is 0.323 e. The average Bonchev–Trinajstić information content (AvgIpc) is 2.72. The number of nitrogens with one attached hydrogen (secondary N) is 1. The third kappa shape index (κ3) is 4.15. The van der Waals surface area contributed by atoms with Crippen molar-refractivity contribution in [2.75, 3.05) is 33.5 Å². The Hall–Kier alpha value is -0.650. The lowest BCUT2D eigenvalue weighted by Crippen LogP contribution is -2.33. The molecule has 1 saturated heterocycles. The second kappa shape index (κ2) is 6.76. The van der Waals surface area contributed by atoms with Crippen molar-refractivity contribution in [1.29, 1.82) is 0 Å². The van der Waals surface area contributed by atoms with Crippen LogP contribution in [0.3, 0.4) is 0 Å². The van der Waals surface area contributed by atoms with Gasteiger partial charge in [0.15, 0.2) is 0 Å². The van der Waals surface area contributed by atoms with E-state index < -0.39 is 0 Å². The van der Waals surface area contributed by atoms with Gasteiger partial charge in [-0.2, -0.15) is 0 Å². The molecule has 15 heavy (non-hydrogen) atoms. The van der Waals surface area contributed by atoms with Gasteiger partial charge in [0.05, 0.1) is 12.7 Å². The average molecular weight is 217 g/mol. The minimum absolute atomic E-state index is 0.120. The molecule has 1 heterocycles. The Morgan fingerprint density at radius 1 is 1.47 bits per heavy atom. The van der Waals surface area contributed by atoms with E-state index in [0.717, 1.165) is 0 Å². The summed E-state index contributed by atoms with van der Waals surface area (Å²) < 4.78 is 15.2. The topological polar surface area (TPSA) is 56.8 Å². The van der Waals surface area contributed by atoms with E-state index >= 15 is 0 Å². The summed E-state index contributed by atoms with van der Waals surface area (Å²) in [6.45, 7) is 4.04. The van der Waals surface area contributed by atoms with Crippen molar-refractivity contribution in [3.8, 4) is 0 Å². The van der Waals surface area contributed by atoms with E-state index in [0.29, 0.717) is 32.8 Å². The first-order chi connectivity index (χ1) is 7.27. The first kappa shape index (κ1) is 12.4. The highest BCUT2D eigenvalue weighted by Crippen LogP contribution is 2.10. The van der Waals surface area contributed by atoms with Crippen LogP contribution in [0.15, 0.2) is 0 Å². The Balaban J connectivity index is 2.12. The predicted molar refractivity (Wildman–Crippen MR) is 54.7 cm³/mol. The highest BCUT2D eigenvalue weighted by Gasteiger charge is 2.30. The van der Waals surface area contributed by atoms with Gasteiger partial charge in [-0.05, 0) is 6.92 Å². The Bertz CT molecular complexity index is 198. The second-order valence-electron chi connectivity index (χ2n) is 3.42. The zero-order valence-corrected chi connectivity index (χ0v) is 9.32. The molecule has 1 fully saturated rings. The minimum atomic E-state index is -0.225. The lowest BCUT2D eigenvalue weighted by molar-refractivity contribution is -0.147. The van der Waals surface area contributed by atoms with Crippen LogP contribution in [0.5, 0.6) is 0 Å². The van der Waals surface area contributed by atoms with E-state index in [4.69, 9.17) is 14.2 Å². The fourth-order valence-electron chi connectivity index (χ4n) is 1.51. The van der Waals surface area contributed by atoms with E-state index in [1.54, 1.807) is 7.11 Å². The SMILES string of the molecule is CCOCCOC(=O)C1CC(OC)CN1. The molecule has 0 aromatic carbocycles. The van der Waals surface area contributed by atoms with Gasteiger partial charge in [-0.15, -0.1) is 0 Å². The lowest BCUT2D eigenvalue weighted by atomic mass is 10.2. The van der Waals surface area contributed by atoms with Crippen LogP contribution in [-0.2, 0) is 19.0 Å². The number of rotatable bonds is 6. The summed E-state index contributed by atoms with van der Waals surface area (Å²) in [5, 5.41) is 3.06. The quantitative estimate of drug-likeness (QED) is 0.499. The van der Waals surface area contributed by atoms with Crippen molar-refractivity contribution >= 4 is 5.97 Å². The Labute approximate surface area is 90.1 Å². The van der Waals surface area contributed by atoms with Gasteiger partial charge in [0.1, 0.15) is 12.6 Å². The van der Waals surface area contributed by atoms with Crippen molar-refractivity contribution in [3.63, 3.8) is 0 Å². The molecule has 5 nitrogen and oxygen atoms in total. The number of ether oxygens (including phenoxy) is 3. The molecular weight excluding hydrogens is 198 g/mol. The number of esters is 1. The summed E-state index contributed by atoms with van der Waals surface area (Å²) in [5.41, 5.74) is 0. The number of carbonyl (C=O) groups is 1. The zero-order chi connectivity index (χ0) is 11.1. The van der Waals surface area contributed by atoms with Gasteiger partial charge in [-0.1, -0.05) is 0 Å². The molecule has 0 spiro atoms. The van der Waals surface area contributed by atoms with E-state index in [1.165, 1.54) is 0 Å². The number of hydrogen-bond acceptors (Lipinski definition) is 5. The maximum absolute atomic E-state index is 11.5. The van der Waals surface area contributed by atoms with E-state index in [9.17, 15) is 4.79 Å². The molecule has 0 aromatic rings. The van der Waals surface area contributed by atoms with Crippen molar-refractivity contribution in [3.05, 3.63) is 0 Å². The summed E-state index contributed by atoms with van der Waals surface area (Å²) in [4.78, 5) is 11.5. The summed E-state index contributed by atoms with van der Waals surface area (Å²) in [7, 11) is 1.65. The van der Waals surface area contributed by atoms with Gasteiger partial charge in [0.25, 0.3) is 0 Å². The fourth-order valence-corrected chi connectivity index (χ4v) is 1.51. The molecule has 1 aliphatic heterocycles. The first-order valence-electron chi connectivity index (χ1n) is 5.28. The Morgan fingerprint density at radius 2 is 2.27 bits per heavy atom. The summed E-state index contributed by atoms with van der Waals surface area (Å²) in [6, 6.07) is -0.225. The third-order valence-electron chi connectivity index (χ3n) is 2.38. The fraction of sp³-hybridized carbons (Fsp3) is 0.900. The highest BCUT2D eigenvalue weighted by molar-refractivity contribution is 5.76. The Morgan fingerprint density at radius 3 is 2.87 bits per heavy atom. The number of methoxy groups -OCH3 is 1.